The predicted molar refractivity (Wildman–Crippen MR) is 87.1 cm³/mol. The maximum Gasteiger partial charge on any atom is 0.488 e. The predicted octanol–water partition coefficient (Wildman–Crippen LogP) is 2.84. The van der Waals surface area contributed by atoms with Crippen LogP contribution in [0.1, 0.15) is 0 Å². The molecule has 2 N–H and O–H groups in total. The van der Waals surface area contributed by atoms with Gasteiger partial charge < -0.3 is 10.0 Å². The van der Waals surface area contributed by atoms with Crippen LogP contribution >= 0.6 is 0 Å². The van der Waals surface area contributed by atoms with Gasteiger partial charge in [-0.05, 0) is 45.9 Å². The zero-order chi connectivity index (χ0) is 15.5. The summed E-state index contributed by atoms with van der Waals surface area (Å²) < 4.78 is 13.1. The molecule has 0 saturated carbocycles. The monoisotopic (exact) mass is 292 g/mol. The van der Waals surface area contributed by atoms with Crippen molar-refractivity contribution in [1.29, 1.82) is 0 Å². The smallest absolute Gasteiger partial charge is 0.423 e. The van der Waals surface area contributed by atoms with Crippen molar-refractivity contribution in [2.24, 2.45) is 0 Å². The quantitative estimate of drug-likeness (QED) is 0.729. The lowest BCUT2D eigenvalue weighted by Crippen LogP contribution is -2.29. The lowest BCUT2D eigenvalue weighted by Gasteiger charge is -2.10. The molecule has 0 spiro atoms. The Morgan fingerprint density at radius 2 is 1.18 bits per heavy atom. The molecule has 108 valence electrons. The molecule has 0 bridgehead atoms. The maximum absolute atomic E-state index is 13.1. The van der Waals surface area contributed by atoms with Crippen LogP contribution in [0.15, 0.2) is 72.8 Å². The van der Waals surface area contributed by atoms with E-state index >= 15 is 0 Å². The van der Waals surface area contributed by atoms with Gasteiger partial charge in [-0.15, -0.1) is 0 Å². The molecule has 0 fully saturated rings. The molecule has 3 rings (SSSR count). The molecule has 4 heteroatoms. The SMILES string of the molecule is OB(O)c1cc(-c2ccccc2)cc(-c2ccc(F)cc2)c1. The molecule has 0 aliphatic heterocycles. The highest BCUT2D eigenvalue weighted by atomic mass is 19.1. The first-order valence-corrected chi connectivity index (χ1v) is 6.96. The minimum Gasteiger partial charge on any atom is -0.423 e. The van der Waals surface area contributed by atoms with Crippen molar-refractivity contribution >= 4 is 12.6 Å². The molecule has 0 atom stereocenters. The number of rotatable bonds is 3. The van der Waals surface area contributed by atoms with Crippen molar-refractivity contribution in [3.63, 3.8) is 0 Å². The zero-order valence-corrected chi connectivity index (χ0v) is 11.8. The van der Waals surface area contributed by atoms with Crippen LogP contribution in [0.2, 0.25) is 0 Å². The summed E-state index contributed by atoms with van der Waals surface area (Å²) in [5.41, 5.74) is 3.89. The van der Waals surface area contributed by atoms with Gasteiger partial charge in [-0.1, -0.05) is 54.6 Å². The van der Waals surface area contributed by atoms with Crippen molar-refractivity contribution in [3.8, 4) is 22.3 Å². The third-order valence-electron chi connectivity index (χ3n) is 3.54. The minimum absolute atomic E-state index is 0.301. The van der Waals surface area contributed by atoms with Gasteiger partial charge in [0.1, 0.15) is 5.82 Å². The summed E-state index contributed by atoms with van der Waals surface area (Å²) in [5.74, 6) is -0.301. The molecule has 0 amide bonds. The second-order valence-corrected chi connectivity index (χ2v) is 5.09. The second-order valence-electron chi connectivity index (χ2n) is 5.09. The van der Waals surface area contributed by atoms with E-state index in [1.807, 2.05) is 36.4 Å². The fraction of sp³-hybridized carbons (Fsp3) is 0. The molecule has 3 aromatic rings. The van der Waals surface area contributed by atoms with Crippen LogP contribution in [0.5, 0.6) is 0 Å². The molecular weight excluding hydrogens is 278 g/mol. The molecule has 0 heterocycles. The van der Waals surface area contributed by atoms with Crippen molar-refractivity contribution in [3.05, 3.63) is 78.6 Å². The summed E-state index contributed by atoms with van der Waals surface area (Å²) in [7, 11) is -1.55. The van der Waals surface area contributed by atoms with Crippen molar-refractivity contribution in [2.75, 3.05) is 0 Å². The van der Waals surface area contributed by atoms with Crippen LogP contribution in [0, 0.1) is 5.82 Å². The summed E-state index contributed by atoms with van der Waals surface area (Å²) in [6.07, 6.45) is 0. The Morgan fingerprint density at radius 3 is 1.73 bits per heavy atom. The normalized spacial score (nSPS) is 10.5. The van der Waals surface area contributed by atoms with E-state index in [-0.39, 0.29) is 5.82 Å². The molecule has 0 aliphatic rings. The molecule has 3 aromatic carbocycles. The van der Waals surface area contributed by atoms with Crippen LogP contribution in [0.3, 0.4) is 0 Å². The van der Waals surface area contributed by atoms with Gasteiger partial charge in [-0.25, -0.2) is 4.39 Å². The average Bonchev–Trinajstić information content (AvgIpc) is 2.56. The third-order valence-corrected chi connectivity index (χ3v) is 3.54. The Kier molecular flexibility index (Phi) is 4.05. The van der Waals surface area contributed by atoms with Gasteiger partial charge in [0.25, 0.3) is 0 Å². The highest BCUT2D eigenvalue weighted by molar-refractivity contribution is 6.58. The number of hydrogen-bond donors (Lipinski definition) is 2. The van der Waals surface area contributed by atoms with E-state index in [1.165, 1.54) is 12.1 Å². The Morgan fingerprint density at radius 1 is 0.636 bits per heavy atom. The van der Waals surface area contributed by atoms with Gasteiger partial charge in [-0.2, -0.15) is 0 Å². The van der Waals surface area contributed by atoms with E-state index in [0.29, 0.717) is 5.46 Å². The largest absolute Gasteiger partial charge is 0.488 e. The van der Waals surface area contributed by atoms with Gasteiger partial charge in [0.05, 0.1) is 0 Å². The molecule has 0 unspecified atom stereocenters. The van der Waals surface area contributed by atoms with E-state index < -0.39 is 7.12 Å². The van der Waals surface area contributed by atoms with Crippen LogP contribution < -0.4 is 5.46 Å². The highest BCUT2D eigenvalue weighted by Gasteiger charge is 2.14. The van der Waals surface area contributed by atoms with Crippen molar-refractivity contribution in [1.82, 2.24) is 0 Å². The topological polar surface area (TPSA) is 40.5 Å². The van der Waals surface area contributed by atoms with Crippen LogP contribution in [0.25, 0.3) is 22.3 Å². The third kappa shape index (κ3) is 3.08. The van der Waals surface area contributed by atoms with Gasteiger partial charge >= 0.3 is 7.12 Å². The molecule has 0 aromatic heterocycles. The van der Waals surface area contributed by atoms with Crippen molar-refractivity contribution < 1.29 is 14.4 Å². The first-order valence-electron chi connectivity index (χ1n) is 6.96. The molecule has 0 saturated heterocycles. The minimum atomic E-state index is -1.55. The molecule has 0 radical (unpaired) electrons. The lowest BCUT2D eigenvalue weighted by atomic mass is 9.77. The van der Waals surface area contributed by atoms with Gasteiger partial charge in [0, 0.05) is 0 Å². The standard InChI is InChI=1S/C18H14BFO2/c20-18-8-6-14(7-9-18)16-10-15(11-17(12-16)19(21)22)13-4-2-1-3-5-13/h1-12,21-22H. The Balaban J connectivity index is 2.14. The summed E-state index contributed by atoms with van der Waals surface area (Å²) in [6, 6.07) is 21.2. The lowest BCUT2D eigenvalue weighted by molar-refractivity contribution is 0.426. The van der Waals surface area contributed by atoms with Crippen LogP contribution in [0.4, 0.5) is 4.39 Å². The average molecular weight is 292 g/mol. The van der Waals surface area contributed by atoms with E-state index in [2.05, 4.69) is 0 Å². The van der Waals surface area contributed by atoms with Crippen LogP contribution in [-0.4, -0.2) is 17.2 Å². The maximum atomic E-state index is 13.1. The Hall–Kier alpha value is -2.43. The second kappa shape index (κ2) is 6.14. The van der Waals surface area contributed by atoms with Crippen LogP contribution in [-0.2, 0) is 0 Å². The Bertz CT molecular complexity index is 771. The number of hydrogen-bond acceptors (Lipinski definition) is 2. The molecular formula is C18H14BFO2. The van der Waals surface area contributed by atoms with E-state index in [0.717, 1.165) is 22.3 Å². The summed E-state index contributed by atoms with van der Waals surface area (Å²) in [5, 5.41) is 19.0. The summed E-state index contributed by atoms with van der Waals surface area (Å²) in [4.78, 5) is 0. The van der Waals surface area contributed by atoms with E-state index in [4.69, 9.17) is 0 Å². The number of benzene rings is 3. The fourth-order valence-corrected chi connectivity index (χ4v) is 2.41. The molecule has 0 aliphatic carbocycles. The zero-order valence-electron chi connectivity index (χ0n) is 11.8. The summed E-state index contributed by atoms with van der Waals surface area (Å²) >= 11 is 0. The van der Waals surface area contributed by atoms with Crippen molar-refractivity contribution in [2.45, 2.75) is 0 Å². The van der Waals surface area contributed by atoms with Gasteiger partial charge in [-0.3, -0.25) is 0 Å². The first kappa shape index (κ1) is 14.5. The summed E-state index contributed by atoms with van der Waals surface area (Å²) in [6.45, 7) is 0. The first-order chi connectivity index (χ1) is 10.6. The van der Waals surface area contributed by atoms with E-state index in [1.54, 1.807) is 24.3 Å². The fourth-order valence-electron chi connectivity index (χ4n) is 2.41. The molecule has 2 nitrogen and oxygen atoms in total. The van der Waals surface area contributed by atoms with Gasteiger partial charge in [0.2, 0.25) is 0 Å². The van der Waals surface area contributed by atoms with E-state index in [9.17, 15) is 14.4 Å². The molecule has 22 heavy (non-hydrogen) atoms. The number of halogens is 1. The Labute approximate surface area is 128 Å². The van der Waals surface area contributed by atoms with Gasteiger partial charge in [0.15, 0.2) is 0 Å². The highest BCUT2D eigenvalue weighted by Crippen LogP contribution is 2.25.